The van der Waals surface area contributed by atoms with Gasteiger partial charge in [-0.2, -0.15) is 10.4 Å². The molecule has 0 atom stereocenters. The average Bonchev–Trinajstić information content (AvgIpc) is 3.12. The number of carbonyl (C=O) groups is 2. The van der Waals surface area contributed by atoms with Crippen molar-refractivity contribution in [1.29, 1.82) is 5.26 Å². The lowest BCUT2D eigenvalue weighted by atomic mass is 10.0. The van der Waals surface area contributed by atoms with Crippen molar-refractivity contribution in [1.82, 2.24) is 14.7 Å². The maximum Gasteiger partial charge on any atom is 0.322 e. The zero-order valence-corrected chi connectivity index (χ0v) is 17.5. The maximum atomic E-state index is 12.8. The zero-order chi connectivity index (χ0) is 22.1. The van der Waals surface area contributed by atoms with Crippen molar-refractivity contribution in [2.45, 2.75) is 20.0 Å². The molecular weight excluding hydrogens is 416 g/mol. The van der Waals surface area contributed by atoms with Crippen LogP contribution >= 0.6 is 11.6 Å². The van der Waals surface area contributed by atoms with Crippen LogP contribution in [0.15, 0.2) is 42.5 Å². The normalized spacial score (nSPS) is 12.7. The smallest absolute Gasteiger partial charge is 0.322 e. The second kappa shape index (κ2) is 8.13. The maximum absolute atomic E-state index is 12.8. The Hall–Kier alpha value is -3.83. The van der Waals surface area contributed by atoms with Crippen molar-refractivity contribution in [2.75, 3.05) is 11.9 Å². The molecule has 1 aromatic heterocycles. The highest BCUT2D eigenvalue weighted by Crippen LogP contribution is 2.30. The van der Waals surface area contributed by atoms with E-state index in [0.29, 0.717) is 46.3 Å². The molecule has 0 spiro atoms. The molecule has 1 aliphatic heterocycles. The molecule has 31 heavy (non-hydrogen) atoms. The first-order valence-corrected chi connectivity index (χ1v) is 9.96. The van der Waals surface area contributed by atoms with Crippen molar-refractivity contribution < 1.29 is 9.59 Å². The highest BCUT2D eigenvalue weighted by Gasteiger charge is 2.29. The fraction of sp³-hybridized carbons (Fsp3) is 0.182. The Labute approximate surface area is 183 Å². The van der Waals surface area contributed by atoms with Crippen molar-refractivity contribution in [3.05, 3.63) is 69.9 Å². The molecule has 4 rings (SSSR count). The second-order valence-electron chi connectivity index (χ2n) is 7.32. The van der Waals surface area contributed by atoms with Gasteiger partial charge in [-0.05, 0) is 55.0 Å². The number of primary amides is 1. The Kier molecular flexibility index (Phi) is 5.36. The molecule has 3 aromatic rings. The van der Waals surface area contributed by atoms with Crippen LogP contribution in [-0.4, -0.2) is 33.2 Å². The number of carbonyl (C=O) groups excluding carboxylic acids is 2. The van der Waals surface area contributed by atoms with Crippen LogP contribution in [0.25, 0.3) is 11.3 Å². The Balaban J connectivity index is 1.62. The molecule has 0 bridgehead atoms. The number of hydrogen-bond acceptors (Lipinski definition) is 4. The minimum absolute atomic E-state index is 0.187. The van der Waals surface area contributed by atoms with Crippen LogP contribution in [0.5, 0.6) is 0 Å². The molecule has 0 radical (unpaired) electrons. The zero-order valence-electron chi connectivity index (χ0n) is 16.7. The monoisotopic (exact) mass is 434 g/mol. The minimum Gasteiger partial charge on any atom is -0.365 e. The van der Waals surface area contributed by atoms with Gasteiger partial charge in [0.15, 0.2) is 0 Å². The number of rotatable bonds is 3. The summed E-state index contributed by atoms with van der Waals surface area (Å²) in [7, 11) is 0. The molecule has 3 N–H and O–H groups in total. The molecule has 1 aliphatic rings. The lowest BCUT2D eigenvalue weighted by Gasteiger charge is -2.28. The predicted octanol–water partition coefficient (Wildman–Crippen LogP) is 3.53. The van der Waals surface area contributed by atoms with Gasteiger partial charge in [0.1, 0.15) is 5.69 Å². The van der Waals surface area contributed by atoms with Gasteiger partial charge in [0.25, 0.3) is 5.91 Å². The van der Waals surface area contributed by atoms with Gasteiger partial charge in [0.2, 0.25) is 0 Å². The molecule has 9 heteroatoms. The SMILES string of the molecule is Cc1cc(Cl)cc(-c2nn3c(c2C(N)=O)CN(C(=O)Nc2ccc(C#N)cc2)CC3)c1. The third-order valence-corrected chi connectivity index (χ3v) is 5.31. The summed E-state index contributed by atoms with van der Waals surface area (Å²) in [5.41, 5.74) is 9.76. The third kappa shape index (κ3) is 4.09. The topological polar surface area (TPSA) is 117 Å². The molecule has 156 valence electrons. The molecule has 0 aliphatic carbocycles. The largest absolute Gasteiger partial charge is 0.365 e. The number of amides is 3. The van der Waals surface area contributed by atoms with E-state index in [9.17, 15) is 9.59 Å². The summed E-state index contributed by atoms with van der Waals surface area (Å²) < 4.78 is 1.72. The predicted molar refractivity (Wildman–Crippen MR) is 117 cm³/mol. The van der Waals surface area contributed by atoms with Crippen LogP contribution < -0.4 is 11.1 Å². The number of nitriles is 1. The van der Waals surface area contributed by atoms with Gasteiger partial charge in [0.05, 0.1) is 36.0 Å². The van der Waals surface area contributed by atoms with Crippen LogP contribution in [0.4, 0.5) is 10.5 Å². The Bertz CT molecular complexity index is 1210. The number of nitrogens with zero attached hydrogens (tertiary/aromatic N) is 4. The summed E-state index contributed by atoms with van der Waals surface area (Å²) in [5.74, 6) is -0.608. The molecule has 2 heterocycles. The molecule has 0 fully saturated rings. The van der Waals surface area contributed by atoms with Gasteiger partial charge in [-0.25, -0.2) is 4.79 Å². The van der Waals surface area contributed by atoms with Gasteiger partial charge < -0.3 is 16.0 Å². The number of aromatic nitrogens is 2. The van der Waals surface area contributed by atoms with Gasteiger partial charge in [-0.3, -0.25) is 9.48 Å². The third-order valence-electron chi connectivity index (χ3n) is 5.09. The summed E-state index contributed by atoms with van der Waals surface area (Å²) >= 11 is 6.19. The summed E-state index contributed by atoms with van der Waals surface area (Å²) in [6.07, 6.45) is 0. The van der Waals surface area contributed by atoms with Crippen molar-refractivity contribution in [3.63, 3.8) is 0 Å². The van der Waals surface area contributed by atoms with E-state index in [4.69, 9.17) is 22.6 Å². The van der Waals surface area contributed by atoms with Gasteiger partial charge >= 0.3 is 6.03 Å². The van der Waals surface area contributed by atoms with E-state index in [1.807, 2.05) is 25.1 Å². The fourth-order valence-corrected chi connectivity index (χ4v) is 3.95. The molecule has 0 saturated carbocycles. The van der Waals surface area contributed by atoms with Crippen LogP contribution in [0.3, 0.4) is 0 Å². The summed E-state index contributed by atoms with van der Waals surface area (Å²) in [6.45, 7) is 2.94. The Morgan fingerprint density at radius 2 is 1.94 bits per heavy atom. The highest BCUT2D eigenvalue weighted by molar-refractivity contribution is 6.31. The van der Waals surface area contributed by atoms with E-state index < -0.39 is 5.91 Å². The van der Waals surface area contributed by atoms with Crippen molar-refractivity contribution in [2.24, 2.45) is 5.73 Å². The van der Waals surface area contributed by atoms with E-state index in [1.165, 1.54) is 0 Å². The Morgan fingerprint density at radius 1 is 1.19 bits per heavy atom. The van der Waals surface area contributed by atoms with Crippen molar-refractivity contribution >= 4 is 29.2 Å². The van der Waals surface area contributed by atoms with E-state index in [-0.39, 0.29) is 18.1 Å². The summed E-state index contributed by atoms with van der Waals surface area (Å²) in [6, 6.07) is 13.8. The Morgan fingerprint density at radius 3 is 2.58 bits per heavy atom. The number of fused-ring (bicyclic) bond motifs is 1. The van der Waals surface area contributed by atoms with Crippen LogP contribution in [0, 0.1) is 18.3 Å². The first-order chi connectivity index (χ1) is 14.9. The quantitative estimate of drug-likeness (QED) is 0.655. The lowest BCUT2D eigenvalue weighted by Crippen LogP contribution is -2.41. The first kappa shape index (κ1) is 20.4. The van der Waals surface area contributed by atoms with E-state index in [0.717, 1.165) is 5.56 Å². The van der Waals surface area contributed by atoms with E-state index in [2.05, 4.69) is 10.4 Å². The van der Waals surface area contributed by atoms with Crippen LogP contribution in [0.1, 0.15) is 27.2 Å². The highest BCUT2D eigenvalue weighted by atomic mass is 35.5. The van der Waals surface area contributed by atoms with Gasteiger partial charge in [-0.15, -0.1) is 0 Å². The number of benzene rings is 2. The number of halogens is 1. The second-order valence-corrected chi connectivity index (χ2v) is 7.75. The number of hydrogen-bond donors (Lipinski definition) is 2. The van der Waals surface area contributed by atoms with E-state index >= 15 is 0 Å². The molecule has 2 aromatic carbocycles. The number of anilines is 1. The van der Waals surface area contributed by atoms with Crippen LogP contribution in [0.2, 0.25) is 5.02 Å². The first-order valence-electron chi connectivity index (χ1n) is 9.59. The standard InChI is InChI=1S/C22H19ClN6O2/c1-13-8-15(10-16(23)9-13)20-19(21(25)30)18-12-28(6-7-29(18)27-20)22(31)26-17-4-2-14(11-24)3-5-17/h2-5,8-10H,6-7,12H2,1H3,(H2,25,30)(H,26,31). The number of aryl methyl sites for hydroxylation is 1. The van der Waals surface area contributed by atoms with E-state index in [1.54, 1.807) is 39.9 Å². The fourth-order valence-electron chi connectivity index (χ4n) is 3.66. The molecule has 0 unspecified atom stereocenters. The van der Waals surface area contributed by atoms with Crippen LogP contribution in [-0.2, 0) is 13.1 Å². The number of nitrogens with one attached hydrogen (secondary N) is 1. The number of nitrogens with two attached hydrogens (primary N) is 1. The lowest BCUT2D eigenvalue weighted by molar-refractivity contribution is 0.0997. The molecule has 3 amide bonds. The molecule has 0 saturated heterocycles. The molecule has 8 nitrogen and oxygen atoms in total. The summed E-state index contributed by atoms with van der Waals surface area (Å²) in [4.78, 5) is 26.7. The van der Waals surface area contributed by atoms with Gasteiger partial charge in [0, 0.05) is 22.8 Å². The molecular formula is C22H19ClN6O2. The van der Waals surface area contributed by atoms with Gasteiger partial charge in [-0.1, -0.05) is 11.6 Å². The average molecular weight is 435 g/mol. The number of urea groups is 1. The minimum atomic E-state index is -0.608. The summed E-state index contributed by atoms with van der Waals surface area (Å²) in [5, 5.41) is 16.8. The van der Waals surface area contributed by atoms with Crippen molar-refractivity contribution in [3.8, 4) is 17.3 Å².